The Morgan fingerprint density at radius 3 is 2.64 bits per heavy atom. The summed E-state index contributed by atoms with van der Waals surface area (Å²) in [5, 5.41) is 8.82. The molecule has 6 nitrogen and oxygen atoms in total. The lowest BCUT2D eigenvalue weighted by Crippen LogP contribution is -2.24. The van der Waals surface area contributed by atoms with Crippen LogP contribution in [0.1, 0.15) is 22.4 Å². The van der Waals surface area contributed by atoms with Gasteiger partial charge < -0.3 is 4.74 Å². The first kappa shape index (κ1) is 19.6. The molecule has 28 heavy (non-hydrogen) atoms. The van der Waals surface area contributed by atoms with Crippen molar-refractivity contribution in [2.24, 2.45) is 5.10 Å². The van der Waals surface area contributed by atoms with Crippen LogP contribution in [-0.4, -0.2) is 28.5 Å². The van der Waals surface area contributed by atoms with Crippen LogP contribution in [0.3, 0.4) is 0 Å². The average Bonchev–Trinajstić information content (AvgIpc) is 2.98. The van der Waals surface area contributed by atoms with E-state index >= 15 is 0 Å². The van der Waals surface area contributed by atoms with Crippen LogP contribution >= 0.6 is 11.6 Å². The molecule has 0 saturated heterocycles. The minimum Gasteiger partial charge on any atom is -0.484 e. The number of aryl methyl sites for hydroxylation is 3. The van der Waals surface area contributed by atoms with Crippen LogP contribution in [0.5, 0.6) is 5.75 Å². The number of amides is 1. The minimum atomic E-state index is -0.362. The summed E-state index contributed by atoms with van der Waals surface area (Å²) < 4.78 is 7.12. The van der Waals surface area contributed by atoms with Crippen molar-refractivity contribution in [3.05, 3.63) is 76.1 Å². The smallest absolute Gasteiger partial charge is 0.277 e. The third-order valence-corrected chi connectivity index (χ3v) is 4.64. The van der Waals surface area contributed by atoms with Crippen molar-refractivity contribution in [1.82, 2.24) is 15.2 Å². The highest BCUT2D eigenvalue weighted by molar-refractivity contribution is 6.32. The van der Waals surface area contributed by atoms with Gasteiger partial charge in [-0.1, -0.05) is 35.9 Å². The highest BCUT2D eigenvalue weighted by Gasteiger charge is 2.13. The molecule has 3 aromatic rings. The van der Waals surface area contributed by atoms with Crippen molar-refractivity contribution in [2.75, 3.05) is 6.61 Å². The fourth-order valence-corrected chi connectivity index (χ4v) is 2.87. The normalized spacial score (nSPS) is 11.0. The van der Waals surface area contributed by atoms with Gasteiger partial charge in [0.05, 0.1) is 23.2 Å². The van der Waals surface area contributed by atoms with Gasteiger partial charge in [0, 0.05) is 0 Å². The van der Waals surface area contributed by atoms with E-state index in [2.05, 4.69) is 15.6 Å². The summed E-state index contributed by atoms with van der Waals surface area (Å²) in [4.78, 5) is 12.0. The molecule has 2 aromatic carbocycles. The zero-order valence-corrected chi connectivity index (χ0v) is 16.7. The summed E-state index contributed by atoms with van der Waals surface area (Å²) in [7, 11) is 0. The molecule has 0 unspecified atom stereocenters. The summed E-state index contributed by atoms with van der Waals surface area (Å²) in [5.41, 5.74) is 6.91. The van der Waals surface area contributed by atoms with Gasteiger partial charge in [-0.3, -0.25) is 4.79 Å². The molecule has 0 fully saturated rings. The number of hydrazone groups is 1. The Morgan fingerprint density at radius 1 is 1.18 bits per heavy atom. The maximum atomic E-state index is 12.0. The van der Waals surface area contributed by atoms with Crippen molar-refractivity contribution in [3.8, 4) is 11.4 Å². The number of halogens is 1. The Bertz CT molecular complexity index is 1010. The first-order chi connectivity index (χ1) is 13.5. The number of carbonyl (C=O) groups excluding carboxylic acids is 1. The molecule has 0 saturated carbocycles. The van der Waals surface area contributed by atoms with E-state index in [1.807, 2.05) is 69.3 Å². The van der Waals surface area contributed by atoms with Gasteiger partial charge in [0.2, 0.25) is 0 Å². The molecule has 0 atom stereocenters. The summed E-state index contributed by atoms with van der Waals surface area (Å²) in [6.07, 6.45) is 1.48. The van der Waals surface area contributed by atoms with E-state index in [-0.39, 0.29) is 12.5 Å². The monoisotopic (exact) mass is 396 g/mol. The number of nitrogens with one attached hydrogen (secondary N) is 1. The molecule has 1 N–H and O–H groups in total. The van der Waals surface area contributed by atoms with Gasteiger partial charge in [-0.15, -0.1) is 0 Å². The molecular formula is C21H21ClN4O2. The molecule has 0 spiro atoms. The van der Waals surface area contributed by atoms with Gasteiger partial charge in [0.15, 0.2) is 6.61 Å². The second kappa shape index (κ2) is 8.71. The van der Waals surface area contributed by atoms with Crippen molar-refractivity contribution >= 4 is 23.7 Å². The third-order valence-electron chi connectivity index (χ3n) is 4.28. The van der Waals surface area contributed by atoms with Crippen LogP contribution in [0.2, 0.25) is 5.15 Å². The maximum absolute atomic E-state index is 12.0. The third kappa shape index (κ3) is 4.58. The SMILES string of the molecule is Cc1ccc(OCC(=O)NN=Cc2c(C)nn(-c3ccccc3)c2Cl)cc1C. The van der Waals surface area contributed by atoms with Crippen LogP contribution in [0.25, 0.3) is 5.69 Å². The van der Waals surface area contributed by atoms with Crippen LogP contribution in [-0.2, 0) is 4.79 Å². The minimum absolute atomic E-state index is 0.129. The quantitative estimate of drug-likeness (QED) is 0.506. The van der Waals surface area contributed by atoms with Gasteiger partial charge in [0.25, 0.3) is 5.91 Å². The van der Waals surface area contributed by atoms with Gasteiger partial charge in [-0.05, 0) is 56.2 Å². The van der Waals surface area contributed by atoms with Crippen molar-refractivity contribution in [2.45, 2.75) is 20.8 Å². The van der Waals surface area contributed by atoms with E-state index in [1.54, 1.807) is 4.68 Å². The van der Waals surface area contributed by atoms with Gasteiger partial charge in [-0.25, -0.2) is 10.1 Å². The van der Waals surface area contributed by atoms with Crippen LogP contribution in [0, 0.1) is 20.8 Å². The second-order valence-electron chi connectivity index (χ2n) is 6.37. The number of rotatable bonds is 6. The lowest BCUT2D eigenvalue weighted by molar-refractivity contribution is -0.123. The molecule has 1 heterocycles. The zero-order chi connectivity index (χ0) is 20.1. The molecular weight excluding hydrogens is 376 g/mol. The number of carbonyl (C=O) groups is 1. The lowest BCUT2D eigenvalue weighted by Gasteiger charge is -2.07. The van der Waals surface area contributed by atoms with Gasteiger partial charge in [-0.2, -0.15) is 10.2 Å². The highest BCUT2D eigenvalue weighted by atomic mass is 35.5. The standard InChI is InChI=1S/C21H21ClN4O2/c1-14-9-10-18(11-15(14)2)28-13-20(27)24-23-12-19-16(3)25-26(21(19)22)17-7-5-4-6-8-17/h4-12H,13H2,1-3H3,(H,24,27). The number of para-hydroxylation sites is 1. The number of hydrogen-bond acceptors (Lipinski definition) is 4. The van der Waals surface area contributed by atoms with Crippen LogP contribution in [0.15, 0.2) is 53.6 Å². The summed E-state index contributed by atoms with van der Waals surface area (Å²) in [6.45, 7) is 5.72. The molecule has 0 aliphatic carbocycles. The van der Waals surface area contributed by atoms with Crippen molar-refractivity contribution < 1.29 is 9.53 Å². The fraction of sp³-hybridized carbons (Fsp3) is 0.190. The molecule has 1 amide bonds. The summed E-state index contributed by atoms with van der Waals surface area (Å²) in [6, 6.07) is 15.2. The van der Waals surface area contributed by atoms with E-state index in [9.17, 15) is 4.79 Å². The number of benzene rings is 2. The molecule has 3 rings (SSSR count). The van der Waals surface area contributed by atoms with Crippen LogP contribution < -0.4 is 10.2 Å². The Labute approximate surface area is 168 Å². The summed E-state index contributed by atoms with van der Waals surface area (Å²) >= 11 is 6.42. The predicted molar refractivity (Wildman–Crippen MR) is 110 cm³/mol. The Morgan fingerprint density at radius 2 is 1.93 bits per heavy atom. The van der Waals surface area contributed by atoms with E-state index in [1.165, 1.54) is 11.8 Å². The molecule has 1 aromatic heterocycles. The molecule has 7 heteroatoms. The van der Waals surface area contributed by atoms with Crippen molar-refractivity contribution in [1.29, 1.82) is 0 Å². The fourth-order valence-electron chi connectivity index (χ4n) is 2.55. The van der Waals surface area contributed by atoms with E-state index < -0.39 is 0 Å². The first-order valence-corrected chi connectivity index (χ1v) is 9.16. The van der Waals surface area contributed by atoms with Crippen molar-refractivity contribution in [3.63, 3.8) is 0 Å². The summed E-state index contributed by atoms with van der Waals surface area (Å²) in [5.74, 6) is 0.281. The molecule has 0 bridgehead atoms. The number of aromatic nitrogens is 2. The molecule has 0 aliphatic heterocycles. The number of hydrogen-bond donors (Lipinski definition) is 1. The Balaban J connectivity index is 1.60. The predicted octanol–water partition coefficient (Wildman–Crippen LogP) is 3.98. The largest absolute Gasteiger partial charge is 0.484 e. The topological polar surface area (TPSA) is 68.5 Å². The van der Waals surface area contributed by atoms with E-state index in [4.69, 9.17) is 16.3 Å². The van der Waals surface area contributed by atoms with Gasteiger partial charge in [0.1, 0.15) is 10.9 Å². The zero-order valence-electron chi connectivity index (χ0n) is 15.9. The van der Waals surface area contributed by atoms with E-state index in [0.717, 1.165) is 11.3 Å². The van der Waals surface area contributed by atoms with Gasteiger partial charge >= 0.3 is 0 Å². The maximum Gasteiger partial charge on any atom is 0.277 e. The number of nitrogens with zero attached hydrogens (tertiary/aromatic N) is 3. The second-order valence-corrected chi connectivity index (χ2v) is 6.72. The lowest BCUT2D eigenvalue weighted by atomic mass is 10.1. The Hall–Kier alpha value is -3.12. The van der Waals surface area contributed by atoms with E-state index in [0.29, 0.717) is 22.2 Å². The average molecular weight is 397 g/mol. The Kier molecular flexibility index (Phi) is 6.11. The molecule has 0 aliphatic rings. The number of ether oxygens (including phenoxy) is 1. The molecule has 0 radical (unpaired) electrons. The molecule has 144 valence electrons. The first-order valence-electron chi connectivity index (χ1n) is 8.78. The van der Waals surface area contributed by atoms with Crippen LogP contribution in [0.4, 0.5) is 0 Å². The highest BCUT2D eigenvalue weighted by Crippen LogP contribution is 2.21.